The summed E-state index contributed by atoms with van der Waals surface area (Å²) in [4.78, 5) is 36.4. The van der Waals surface area contributed by atoms with Crippen molar-refractivity contribution >= 4 is 29.2 Å². The number of hydrogen-bond acceptors (Lipinski definition) is 5. The molecule has 1 aromatic heterocycles. The lowest BCUT2D eigenvalue weighted by atomic mass is 10.1. The molecule has 0 atom stereocenters. The number of esters is 1. The van der Waals surface area contributed by atoms with E-state index < -0.39 is 29.8 Å². The third kappa shape index (κ3) is 4.85. The highest BCUT2D eigenvalue weighted by Crippen LogP contribution is 2.22. The average molecular weight is 416 g/mol. The summed E-state index contributed by atoms with van der Waals surface area (Å²) in [5.41, 5.74) is 0.756. The van der Waals surface area contributed by atoms with Gasteiger partial charge in [0.25, 0.3) is 5.56 Å². The lowest BCUT2D eigenvalue weighted by Crippen LogP contribution is -2.29. The molecule has 0 unspecified atom stereocenters. The van der Waals surface area contributed by atoms with Crippen molar-refractivity contribution in [2.45, 2.75) is 6.54 Å². The highest BCUT2D eigenvalue weighted by Gasteiger charge is 2.15. The predicted octanol–water partition coefficient (Wildman–Crippen LogP) is 3.13. The van der Waals surface area contributed by atoms with Crippen molar-refractivity contribution in [1.29, 1.82) is 0 Å². The third-order valence-corrected chi connectivity index (χ3v) is 4.20. The summed E-state index contributed by atoms with van der Waals surface area (Å²) >= 11 is 5.94. The average Bonchev–Trinajstić information content (AvgIpc) is 2.70. The van der Waals surface area contributed by atoms with Crippen molar-refractivity contribution in [3.8, 4) is 11.3 Å². The van der Waals surface area contributed by atoms with Crippen molar-refractivity contribution in [3.05, 3.63) is 81.4 Å². The number of ether oxygens (including phenoxy) is 1. The highest BCUT2D eigenvalue weighted by atomic mass is 35.5. The second-order valence-electron chi connectivity index (χ2n) is 5.95. The summed E-state index contributed by atoms with van der Waals surface area (Å²) < 4.78 is 18.7. The molecule has 0 fully saturated rings. The van der Waals surface area contributed by atoms with Crippen molar-refractivity contribution < 1.29 is 18.7 Å². The van der Waals surface area contributed by atoms with Crippen molar-refractivity contribution in [2.75, 3.05) is 12.4 Å². The van der Waals surface area contributed by atoms with E-state index in [2.05, 4.69) is 15.2 Å². The standard InChI is InChI=1S/C20H15ClFN3O4/c1-29-20(28)15-7-4-13(21)10-17(15)23-18(26)11-25-19(27)9-8-16(24-25)12-2-5-14(22)6-3-12/h2-10H,11H2,1H3,(H,23,26). The SMILES string of the molecule is COC(=O)c1ccc(Cl)cc1NC(=O)Cn1nc(-c2ccc(F)cc2)ccc1=O. The molecular formula is C20H15ClFN3O4. The van der Waals surface area contributed by atoms with Crippen LogP contribution in [0.1, 0.15) is 10.4 Å². The number of hydrogen-bond donors (Lipinski definition) is 1. The van der Waals surface area contributed by atoms with Crippen LogP contribution in [-0.4, -0.2) is 28.8 Å². The number of nitrogens with one attached hydrogen (secondary N) is 1. The van der Waals surface area contributed by atoms with Crippen LogP contribution in [0.15, 0.2) is 59.4 Å². The first kappa shape index (κ1) is 20.2. The van der Waals surface area contributed by atoms with Crippen LogP contribution < -0.4 is 10.9 Å². The number of nitrogens with zero attached hydrogens (tertiary/aromatic N) is 2. The minimum Gasteiger partial charge on any atom is -0.465 e. The van der Waals surface area contributed by atoms with Gasteiger partial charge in [-0.2, -0.15) is 5.10 Å². The second-order valence-corrected chi connectivity index (χ2v) is 6.39. The molecule has 7 nitrogen and oxygen atoms in total. The van der Waals surface area contributed by atoms with Gasteiger partial charge in [0.05, 0.1) is 24.1 Å². The number of aromatic nitrogens is 2. The Morgan fingerprint density at radius 2 is 1.86 bits per heavy atom. The molecule has 0 aliphatic carbocycles. The molecule has 0 spiro atoms. The van der Waals surface area contributed by atoms with Gasteiger partial charge in [0.1, 0.15) is 12.4 Å². The predicted molar refractivity (Wildman–Crippen MR) is 105 cm³/mol. The van der Waals surface area contributed by atoms with Gasteiger partial charge in [-0.3, -0.25) is 9.59 Å². The van der Waals surface area contributed by atoms with Crippen molar-refractivity contribution in [2.24, 2.45) is 0 Å². The summed E-state index contributed by atoms with van der Waals surface area (Å²) in [6, 6.07) is 12.6. The molecule has 2 aromatic carbocycles. The van der Waals surface area contributed by atoms with Crippen LogP contribution in [0.25, 0.3) is 11.3 Å². The number of halogens is 2. The number of amides is 1. The van der Waals surface area contributed by atoms with E-state index in [9.17, 15) is 18.8 Å². The monoisotopic (exact) mass is 415 g/mol. The number of methoxy groups -OCH3 is 1. The van der Waals surface area contributed by atoms with Gasteiger partial charge >= 0.3 is 5.97 Å². The quantitative estimate of drug-likeness (QED) is 0.646. The van der Waals surface area contributed by atoms with E-state index >= 15 is 0 Å². The minimum atomic E-state index is -0.648. The number of anilines is 1. The molecule has 9 heteroatoms. The van der Waals surface area contributed by atoms with E-state index in [4.69, 9.17) is 11.6 Å². The first-order chi connectivity index (χ1) is 13.9. The molecule has 3 rings (SSSR count). The summed E-state index contributed by atoms with van der Waals surface area (Å²) in [6.45, 7) is -0.402. The number of carbonyl (C=O) groups excluding carboxylic acids is 2. The van der Waals surface area contributed by atoms with Gasteiger partial charge in [0.15, 0.2) is 0 Å². The van der Waals surface area contributed by atoms with Crippen LogP contribution in [0.4, 0.5) is 10.1 Å². The van der Waals surface area contributed by atoms with Gasteiger partial charge in [0, 0.05) is 16.7 Å². The maximum absolute atomic E-state index is 13.1. The lowest BCUT2D eigenvalue weighted by Gasteiger charge is -2.11. The number of carbonyl (C=O) groups is 2. The number of benzene rings is 2. The molecule has 0 bridgehead atoms. The summed E-state index contributed by atoms with van der Waals surface area (Å²) in [5.74, 6) is -1.64. The van der Waals surface area contributed by atoms with E-state index in [1.54, 1.807) is 0 Å². The molecule has 1 heterocycles. The maximum Gasteiger partial charge on any atom is 0.339 e. The fourth-order valence-electron chi connectivity index (χ4n) is 2.57. The Bertz CT molecular complexity index is 1130. The van der Waals surface area contributed by atoms with E-state index in [1.807, 2.05) is 0 Å². The van der Waals surface area contributed by atoms with E-state index in [1.165, 1.54) is 61.7 Å². The maximum atomic E-state index is 13.1. The lowest BCUT2D eigenvalue weighted by molar-refractivity contribution is -0.117. The zero-order chi connectivity index (χ0) is 21.0. The highest BCUT2D eigenvalue weighted by molar-refractivity contribution is 6.31. The Morgan fingerprint density at radius 3 is 2.55 bits per heavy atom. The summed E-state index contributed by atoms with van der Waals surface area (Å²) in [5, 5.41) is 6.99. The van der Waals surface area contributed by atoms with Crippen LogP contribution in [0, 0.1) is 5.82 Å². The molecule has 1 amide bonds. The van der Waals surface area contributed by atoms with Crippen LogP contribution in [0.5, 0.6) is 0 Å². The first-order valence-electron chi connectivity index (χ1n) is 8.39. The second kappa shape index (κ2) is 8.66. The van der Waals surface area contributed by atoms with Crippen molar-refractivity contribution in [3.63, 3.8) is 0 Å². The fourth-order valence-corrected chi connectivity index (χ4v) is 2.74. The molecule has 148 valence electrons. The zero-order valence-electron chi connectivity index (χ0n) is 15.2. The van der Waals surface area contributed by atoms with E-state index in [0.717, 1.165) is 4.68 Å². The molecule has 1 N–H and O–H groups in total. The third-order valence-electron chi connectivity index (χ3n) is 3.96. The van der Waals surface area contributed by atoms with Crippen molar-refractivity contribution in [1.82, 2.24) is 9.78 Å². The van der Waals surface area contributed by atoms with Gasteiger partial charge < -0.3 is 10.1 Å². The van der Waals surface area contributed by atoms with Crippen LogP contribution in [-0.2, 0) is 16.1 Å². The Morgan fingerprint density at radius 1 is 1.14 bits per heavy atom. The smallest absolute Gasteiger partial charge is 0.339 e. The summed E-state index contributed by atoms with van der Waals surface area (Å²) in [6.07, 6.45) is 0. The van der Waals surface area contributed by atoms with Gasteiger partial charge in [-0.25, -0.2) is 13.9 Å². The molecule has 29 heavy (non-hydrogen) atoms. The van der Waals surface area contributed by atoms with Gasteiger partial charge in [-0.05, 0) is 48.5 Å². The van der Waals surface area contributed by atoms with Crippen LogP contribution in [0.2, 0.25) is 5.02 Å². The van der Waals surface area contributed by atoms with Gasteiger partial charge in [0.2, 0.25) is 5.91 Å². The van der Waals surface area contributed by atoms with E-state index in [-0.39, 0.29) is 11.3 Å². The van der Waals surface area contributed by atoms with Crippen LogP contribution in [0.3, 0.4) is 0 Å². The number of rotatable bonds is 5. The Hall–Kier alpha value is -3.52. The molecule has 0 saturated carbocycles. The molecular weight excluding hydrogens is 401 g/mol. The minimum absolute atomic E-state index is 0.116. The fraction of sp³-hybridized carbons (Fsp3) is 0.100. The molecule has 0 aliphatic rings. The summed E-state index contributed by atoms with van der Waals surface area (Å²) in [7, 11) is 1.22. The Labute approximate surface area is 169 Å². The van der Waals surface area contributed by atoms with Gasteiger partial charge in [-0.15, -0.1) is 0 Å². The normalized spacial score (nSPS) is 10.4. The first-order valence-corrected chi connectivity index (χ1v) is 8.77. The van der Waals surface area contributed by atoms with Gasteiger partial charge in [-0.1, -0.05) is 11.6 Å². The molecule has 0 radical (unpaired) electrons. The molecule has 3 aromatic rings. The van der Waals surface area contributed by atoms with Crippen LogP contribution >= 0.6 is 11.6 Å². The molecule has 0 saturated heterocycles. The topological polar surface area (TPSA) is 90.3 Å². The Kier molecular flexibility index (Phi) is 6.04. The zero-order valence-corrected chi connectivity index (χ0v) is 15.9. The van der Waals surface area contributed by atoms with E-state index in [0.29, 0.717) is 16.3 Å². The Balaban J connectivity index is 1.84. The largest absolute Gasteiger partial charge is 0.465 e. The molecule has 0 aliphatic heterocycles.